The van der Waals surface area contributed by atoms with Crippen LogP contribution in [0.2, 0.25) is 0 Å². The predicted molar refractivity (Wildman–Crippen MR) is 127 cm³/mol. The number of nitrogens with one attached hydrogen (secondary N) is 1. The minimum Gasteiger partial charge on any atom is -0.333 e. The van der Waals surface area contributed by atoms with Crippen molar-refractivity contribution in [2.24, 2.45) is 17.8 Å². The van der Waals surface area contributed by atoms with Crippen LogP contribution in [0.3, 0.4) is 0 Å². The average molecular weight is 430 g/mol. The maximum absolute atomic E-state index is 13.3. The predicted octanol–water partition coefficient (Wildman–Crippen LogP) is 5.07. The first kappa shape index (κ1) is 20.3. The second-order valence-corrected chi connectivity index (χ2v) is 10.9. The molecular formula is C28H35N3O. The van der Waals surface area contributed by atoms with Crippen LogP contribution in [0.4, 0.5) is 4.79 Å². The fourth-order valence-electron chi connectivity index (χ4n) is 7.64. The summed E-state index contributed by atoms with van der Waals surface area (Å²) in [5.74, 6) is 2.57. The van der Waals surface area contributed by atoms with E-state index in [2.05, 4.69) is 75.8 Å². The van der Waals surface area contributed by atoms with E-state index in [1.54, 1.807) is 0 Å². The maximum Gasteiger partial charge on any atom is 0.317 e. The Labute approximate surface area is 192 Å². The van der Waals surface area contributed by atoms with E-state index in [1.165, 1.54) is 49.7 Å². The molecule has 0 atom stereocenters. The van der Waals surface area contributed by atoms with Crippen LogP contribution in [0, 0.1) is 17.8 Å². The lowest BCUT2D eigenvalue weighted by Gasteiger charge is -2.57. The molecule has 0 spiro atoms. The van der Waals surface area contributed by atoms with Crippen molar-refractivity contribution in [3.05, 3.63) is 71.8 Å². The highest BCUT2D eigenvalue weighted by atomic mass is 16.2. The molecule has 1 heterocycles. The number of hydrogen-bond donors (Lipinski definition) is 1. The van der Waals surface area contributed by atoms with E-state index in [0.717, 1.165) is 43.9 Å². The van der Waals surface area contributed by atoms with Gasteiger partial charge in [-0.05, 0) is 67.4 Å². The van der Waals surface area contributed by atoms with Gasteiger partial charge in [-0.3, -0.25) is 4.90 Å². The average Bonchev–Trinajstić information content (AvgIpc) is 2.80. The molecule has 2 amide bonds. The van der Waals surface area contributed by atoms with Crippen molar-refractivity contribution in [3.8, 4) is 0 Å². The topological polar surface area (TPSA) is 35.6 Å². The van der Waals surface area contributed by atoms with Crippen LogP contribution in [-0.2, 0) is 0 Å². The van der Waals surface area contributed by atoms with E-state index in [-0.39, 0.29) is 17.6 Å². The second kappa shape index (κ2) is 8.22. The molecule has 4 bridgehead atoms. The second-order valence-electron chi connectivity index (χ2n) is 10.9. The third-order valence-corrected chi connectivity index (χ3v) is 8.61. The number of nitrogens with zero attached hydrogens (tertiary/aromatic N) is 2. The summed E-state index contributed by atoms with van der Waals surface area (Å²) in [6, 6.07) is 22.0. The van der Waals surface area contributed by atoms with Crippen molar-refractivity contribution in [2.45, 2.75) is 50.1 Å². The Bertz CT molecular complexity index is 861. The Kier molecular flexibility index (Phi) is 5.21. The fraction of sp³-hybridized carbons (Fsp3) is 0.536. The van der Waals surface area contributed by atoms with Gasteiger partial charge in [0.2, 0.25) is 0 Å². The van der Waals surface area contributed by atoms with Crippen molar-refractivity contribution in [1.82, 2.24) is 15.1 Å². The Morgan fingerprint density at radius 2 is 1.22 bits per heavy atom. The number of hydrogen-bond acceptors (Lipinski definition) is 2. The third kappa shape index (κ3) is 3.83. The molecule has 1 N–H and O–H groups in total. The van der Waals surface area contributed by atoms with Crippen LogP contribution in [0.5, 0.6) is 0 Å². The SMILES string of the molecule is O=C(NC12CC3CC(CC(C3)C1)C2)N1CCN(C(c2ccccc2)c2ccccc2)CC1. The molecule has 7 rings (SSSR count). The summed E-state index contributed by atoms with van der Waals surface area (Å²) in [6.07, 6.45) is 7.88. The summed E-state index contributed by atoms with van der Waals surface area (Å²) in [4.78, 5) is 17.9. The van der Waals surface area contributed by atoms with Crippen molar-refractivity contribution in [3.63, 3.8) is 0 Å². The molecule has 4 aliphatic carbocycles. The number of urea groups is 1. The van der Waals surface area contributed by atoms with Gasteiger partial charge in [0.1, 0.15) is 0 Å². The van der Waals surface area contributed by atoms with Gasteiger partial charge in [0.25, 0.3) is 0 Å². The molecule has 5 aliphatic rings. The molecule has 168 valence electrons. The summed E-state index contributed by atoms with van der Waals surface area (Å²) in [6.45, 7) is 3.41. The molecule has 0 radical (unpaired) electrons. The summed E-state index contributed by atoms with van der Waals surface area (Å²) >= 11 is 0. The van der Waals surface area contributed by atoms with E-state index >= 15 is 0 Å². The molecule has 1 aliphatic heterocycles. The number of amides is 2. The van der Waals surface area contributed by atoms with Gasteiger partial charge in [-0.2, -0.15) is 0 Å². The quantitative estimate of drug-likeness (QED) is 0.736. The van der Waals surface area contributed by atoms with Crippen molar-refractivity contribution >= 4 is 6.03 Å². The molecule has 2 aromatic carbocycles. The zero-order valence-electron chi connectivity index (χ0n) is 19.0. The first-order valence-corrected chi connectivity index (χ1v) is 12.6. The molecule has 4 saturated carbocycles. The number of piperazine rings is 1. The monoisotopic (exact) mass is 429 g/mol. The van der Waals surface area contributed by atoms with E-state index in [0.29, 0.717) is 0 Å². The zero-order chi connectivity index (χ0) is 21.5. The highest BCUT2D eigenvalue weighted by molar-refractivity contribution is 5.75. The van der Waals surface area contributed by atoms with Gasteiger partial charge in [-0.15, -0.1) is 0 Å². The van der Waals surface area contributed by atoms with Crippen LogP contribution in [-0.4, -0.2) is 47.5 Å². The van der Waals surface area contributed by atoms with E-state index < -0.39 is 0 Å². The number of carbonyl (C=O) groups excluding carboxylic acids is 1. The van der Waals surface area contributed by atoms with Crippen LogP contribution in [0.25, 0.3) is 0 Å². The molecule has 0 unspecified atom stereocenters. The lowest BCUT2D eigenvalue weighted by atomic mass is 9.53. The van der Waals surface area contributed by atoms with Crippen molar-refractivity contribution < 1.29 is 4.79 Å². The number of benzene rings is 2. The van der Waals surface area contributed by atoms with Crippen molar-refractivity contribution in [2.75, 3.05) is 26.2 Å². The summed E-state index contributed by atoms with van der Waals surface area (Å²) in [5, 5.41) is 3.57. The van der Waals surface area contributed by atoms with E-state index in [9.17, 15) is 4.79 Å². The normalized spacial score (nSPS) is 31.8. The van der Waals surface area contributed by atoms with Crippen molar-refractivity contribution in [1.29, 1.82) is 0 Å². The molecule has 4 nitrogen and oxygen atoms in total. The molecule has 1 saturated heterocycles. The van der Waals surface area contributed by atoms with Crippen LogP contribution in [0.1, 0.15) is 55.7 Å². The van der Waals surface area contributed by atoms with Crippen LogP contribution >= 0.6 is 0 Å². The molecule has 5 fully saturated rings. The lowest BCUT2D eigenvalue weighted by molar-refractivity contribution is -0.0166. The van der Waals surface area contributed by atoms with Gasteiger partial charge in [-0.1, -0.05) is 60.7 Å². The Morgan fingerprint density at radius 3 is 1.69 bits per heavy atom. The highest BCUT2D eigenvalue weighted by Gasteiger charge is 2.51. The highest BCUT2D eigenvalue weighted by Crippen LogP contribution is 2.55. The minimum absolute atomic E-state index is 0.0968. The summed E-state index contributed by atoms with van der Waals surface area (Å²) in [7, 11) is 0. The molecule has 4 heteroatoms. The molecule has 32 heavy (non-hydrogen) atoms. The lowest BCUT2D eigenvalue weighted by Crippen LogP contribution is -2.63. The molecular weight excluding hydrogens is 394 g/mol. The number of rotatable bonds is 4. The van der Waals surface area contributed by atoms with Gasteiger partial charge >= 0.3 is 6.03 Å². The maximum atomic E-state index is 13.3. The summed E-state index contributed by atoms with van der Waals surface area (Å²) < 4.78 is 0. The van der Waals surface area contributed by atoms with E-state index in [1.807, 2.05) is 0 Å². The van der Waals surface area contributed by atoms with Gasteiger partial charge in [0.05, 0.1) is 6.04 Å². The molecule has 0 aromatic heterocycles. The minimum atomic E-state index is 0.0968. The Morgan fingerprint density at radius 1 is 0.750 bits per heavy atom. The van der Waals surface area contributed by atoms with Gasteiger partial charge in [0, 0.05) is 31.7 Å². The largest absolute Gasteiger partial charge is 0.333 e. The zero-order valence-corrected chi connectivity index (χ0v) is 19.0. The van der Waals surface area contributed by atoms with Gasteiger partial charge in [-0.25, -0.2) is 4.79 Å². The fourth-order valence-corrected chi connectivity index (χ4v) is 7.64. The van der Waals surface area contributed by atoms with Crippen LogP contribution < -0.4 is 5.32 Å². The first-order chi connectivity index (χ1) is 15.7. The summed E-state index contributed by atoms with van der Waals surface area (Å²) in [5.41, 5.74) is 2.75. The Hall–Kier alpha value is -2.33. The Balaban J connectivity index is 1.13. The van der Waals surface area contributed by atoms with Gasteiger partial charge in [0.15, 0.2) is 0 Å². The first-order valence-electron chi connectivity index (χ1n) is 12.6. The molecule has 2 aromatic rings. The van der Waals surface area contributed by atoms with Gasteiger partial charge < -0.3 is 10.2 Å². The third-order valence-electron chi connectivity index (χ3n) is 8.61. The van der Waals surface area contributed by atoms with E-state index in [4.69, 9.17) is 0 Å². The standard InChI is InChI=1S/C28H35N3O/c32-27(29-28-18-21-15-22(19-28)17-23(16-21)20-28)31-13-11-30(12-14-31)26(24-7-3-1-4-8-24)25-9-5-2-6-10-25/h1-10,21-23,26H,11-20H2,(H,29,32). The smallest absolute Gasteiger partial charge is 0.317 e. The van der Waals surface area contributed by atoms with Crippen LogP contribution in [0.15, 0.2) is 60.7 Å². The number of carbonyl (C=O) groups is 1.